The molecule has 40 heavy (non-hydrogen) atoms. The Kier molecular flexibility index (Phi) is 8.37. The highest BCUT2D eigenvalue weighted by Gasteiger charge is 2.33. The maximum absolute atomic E-state index is 2.56. The summed E-state index contributed by atoms with van der Waals surface area (Å²) < 4.78 is 0. The zero-order chi connectivity index (χ0) is 27.6. The van der Waals surface area contributed by atoms with Gasteiger partial charge in [0, 0.05) is 20.9 Å². The minimum Gasteiger partial charge on any atom is -0.147 e. The molecule has 4 aromatic carbocycles. The summed E-state index contributed by atoms with van der Waals surface area (Å²) in [6, 6.07) is 37.6. The molecule has 0 amide bonds. The first kappa shape index (κ1) is 27.6. The molecule has 3 heteroatoms. The number of benzene rings is 4. The molecular weight excluding hydrogens is 538 g/mol. The molecule has 5 aromatic rings. The topological polar surface area (TPSA) is 0 Å². The maximum Gasteiger partial charge on any atom is 0.0166 e. The lowest BCUT2D eigenvalue weighted by atomic mass is 10.1. The molecule has 6 rings (SSSR count). The zero-order valence-corrected chi connectivity index (χ0v) is 26.6. The molecule has 1 heterocycles. The fraction of sp³-hybridized carbons (Fsp3) is 0.243. The van der Waals surface area contributed by atoms with Gasteiger partial charge in [0.25, 0.3) is 0 Å². The molecule has 0 bridgehead atoms. The van der Waals surface area contributed by atoms with Crippen molar-refractivity contribution in [3.05, 3.63) is 130 Å². The summed E-state index contributed by atoms with van der Waals surface area (Å²) in [6.07, 6.45) is 5.36. The zero-order valence-electron chi connectivity index (χ0n) is 24.0. The molecule has 1 aliphatic rings. The van der Waals surface area contributed by atoms with Crippen LogP contribution >= 0.6 is 27.2 Å². The van der Waals surface area contributed by atoms with Gasteiger partial charge in [0.05, 0.1) is 0 Å². The van der Waals surface area contributed by atoms with Gasteiger partial charge < -0.3 is 0 Å². The van der Waals surface area contributed by atoms with Crippen molar-refractivity contribution in [1.29, 1.82) is 0 Å². The third kappa shape index (κ3) is 5.76. The van der Waals surface area contributed by atoms with Crippen LogP contribution in [0.15, 0.2) is 102 Å². The highest BCUT2D eigenvalue weighted by atomic mass is 32.1. The quantitative estimate of drug-likeness (QED) is 0.172. The number of rotatable bonds is 7. The number of thiophene rings is 1. The van der Waals surface area contributed by atoms with Crippen LogP contribution in [-0.4, -0.2) is 0 Å². The van der Waals surface area contributed by atoms with Crippen LogP contribution in [0, 0.1) is 27.7 Å². The van der Waals surface area contributed by atoms with Crippen molar-refractivity contribution >= 4 is 59.0 Å². The molecule has 1 aliphatic carbocycles. The second-order valence-electron chi connectivity index (χ2n) is 11.3. The van der Waals surface area contributed by atoms with Crippen LogP contribution < -0.4 is 31.8 Å². The highest BCUT2D eigenvalue weighted by molar-refractivity contribution is 7.86. The van der Waals surface area contributed by atoms with Crippen molar-refractivity contribution in [3.8, 4) is 0 Å². The van der Waals surface area contributed by atoms with Crippen molar-refractivity contribution in [1.82, 2.24) is 0 Å². The molecule has 1 saturated carbocycles. The maximum atomic E-state index is 2.56. The monoisotopic (exact) mass is 576 g/mol. The van der Waals surface area contributed by atoms with E-state index in [9.17, 15) is 0 Å². The molecule has 1 fully saturated rings. The lowest BCUT2D eigenvalue weighted by molar-refractivity contribution is 0.742. The molecule has 0 atom stereocenters. The van der Waals surface area contributed by atoms with E-state index < -0.39 is 15.8 Å². The first-order valence-corrected chi connectivity index (χ1v) is 18.0. The average Bonchev–Trinajstić information content (AvgIpc) is 3.64. The van der Waals surface area contributed by atoms with Gasteiger partial charge in [-0.3, -0.25) is 0 Å². The third-order valence-corrected chi connectivity index (χ3v) is 14.8. The Morgan fingerprint density at radius 3 is 1.23 bits per heavy atom. The molecule has 0 saturated heterocycles. The first-order chi connectivity index (χ1) is 19.5. The summed E-state index contributed by atoms with van der Waals surface area (Å²) >= 11 is 2.05. The van der Waals surface area contributed by atoms with Crippen molar-refractivity contribution in [2.24, 2.45) is 0 Å². The predicted octanol–water partition coefficient (Wildman–Crippen LogP) is 8.16. The summed E-state index contributed by atoms with van der Waals surface area (Å²) in [6.45, 7) is 8.79. The summed E-state index contributed by atoms with van der Waals surface area (Å²) in [4.78, 5) is 1.66. The minimum atomic E-state index is -0.690. The van der Waals surface area contributed by atoms with E-state index >= 15 is 0 Å². The summed E-state index contributed by atoms with van der Waals surface area (Å²) in [5.41, 5.74) is 5.29. The van der Waals surface area contributed by atoms with Crippen LogP contribution in [0.4, 0.5) is 0 Å². The van der Waals surface area contributed by atoms with Crippen LogP contribution in [0.3, 0.4) is 0 Å². The van der Waals surface area contributed by atoms with Crippen molar-refractivity contribution in [2.45, 2.75) is 59.3 Å². The van der Waals surface area contributed by atoms with Gasteiger partial charge in [-0.05, 0) is 83.5 Å². The summed E-state index contributed by atoms with van der Waals surface area (Å²) in [7, 11) is -1.37. The van der Waals surface area contributed by atoms with Crippen molar-refractivity contribution in [3.63, 3.8) is 0 Å². The molecule has 202 valence electrons. The number of aryl methyl sites for hydroxylation is 4. The molecule has 1 aromatic heterocycles. The first-order valence-electron chi connectivity index (χ1n) is 14.5. The van der Waals surface area contributed by atoms with Crippen molar-refractivity contribution < 1.29 is 0 Å². The van der Waals surface area contributed by atoms with Crippen molar-refractivity contribution in [2.75, 3.05) is 0 Å². The van der Waals surface area contributed by atoms with Gasteiger partial charge in [-0.25, -0.2) is 0 Å². The summed E-state index contributed by atoms with van der Waals surface area (Å²) in [5.74, 6) is 0.683. The standard InChI is InChI=1S/C37H38P2S/c1-26-9-17-31(18-10-26)38(32-19-11-27(2)12-20-32)35-25-40-37(30-7-5-6-8-30)36(35)39(33-21-13-28(3)14-22-33)34-23-15-29(4)16-24-34/h9-25,30H,5-8H2,1-4H3. The minimum absolute atomic E-state index is 0.683. The Bertz CT molecular complexity index is 1470. The van der Waals surface area contributed by atoms with E-state index in [1.165, 1.54) is 69.2 Å². The predicted molar refractivity (Wildman–Crippen MR) is 182 cm³/mol. The van der Waals surface area contributed by atoms with Crippen LogP contribution in [0.2, 0.25) is 0 Å². The van der Waals surface area contributed by atoms with Gasteiger partial charge in [-0.2, -0.15) is 0 Å². The lowest BCUT2D eigenvalue weighted by Gasteiger charge is -2.27. The second-order valence-corrected chi connectivity index (χ2v) is 16.6. The molecule has 0 unspecified atom stereocenters. The Labute approximate surface area is 247 Å². The Balaban J connectivity index is 1.63. The van der Waals surface area contributed by atoms with Gasteiger partial charge in [0.2, 0.25) is 0 Å². The number of hydrogen-bond acceptors (Lipinski definition) is 1. The van der Waals surface area contributed by atoms with E-state index in [0.29, 0.717) is 5.92 Å². The van der Waals surface area contributed by atoms with Crippen LogP contribution in [0.1, 0.15) is 58.7 Å². The van der Waals surface area contributed by atoms with E-state index in [2.05, 4.69) is 141 Å². The van der Waals surface area contributed by atoms with E-state index in [-0.39, 0.29) is 0 Å². The molecule has 0 N–H and O–H groups in total. The van der Waals surface area contributed by atoms with E-state index in [1.807, 2.05) is 0 Å². The Hall–Kier alpha value is -2.56. The van der Waals surface area contributed by atoms with Crippen LogP contribution in [0.25, 0.3) is 0 Å². The van der Waals surface area contributed by atoms with Gasteiger partial charge >= 0.3 is 0 Å². The molecule has 0 aliphatic heterocycles. The Morgan fingerprint density at radius 1 is 0.500 bits per heavy atom. The Morgan fingerprint density at radius 2 is 0.850 bits per heavy atom. The van der Waals surface area contributed by atoms with E-state index in [4.69, 9.17) is 0 Å². The smallest absolute Gasteiger partial charge is 0.0166 e. The molecule has 0 spiro atoms. The third-order valence-electron chi connectivity index (χ3n) is 8.13. The van der Waals surface area contributed by atoms with E-state index in [1.54, 1.807) is 15.5 Å². The normalized spacial score (nSPS) is 13.9. The van der Waals surface area contributed by atoms with Crippen LogP contribution in [0.5, 0.6) is 0 Å². The SMILES string of the molecule is Cc1ccc(P(c2ccc(C)cc2)c2csc(C3CCCC3)c2P(c2ccc(C)cc2)c2ccc(C)cc2)cc1. The molecule has 0 nitrogen and oxygen atoms in total. The van der Waals surface area contributed by atoms with Gasteiger partial charge in [0.15, 0.2) is 0 Å². The van der Waals surface area contributed by atoms with Gasteiger partial charge in [0.1, 0.15) is 0 Å². The number of hydrogen-bond donors (Lipinski definition) is 0. The highest BCUT2D eigenvalue weighted by Crippen LogP contribution is 2.46. The fourth-order valence-electron chi connectivity index (χ4n) is 5.83. The second kappa shape index (κ2) is 12.1. The lowest BCUT2D eigenvalue weighted by Crippen LogP contribution is -2.34. The molecule has 0 radical (unpaired) electrons. The van der Waals surface area contributed by atoms with Gasteiger partial charge in [-0.1, -0.05) is 132 Å². The van der Waals surface area contributed by atoms with E-state index in [0.717, 1.165) is 0 Å². The van der Waals surface area contributed by atoms with Gasteiger partial charge in [-0.15, -0.1) is 11.3 Å². The average molecular weight is 577 g/mol. The largest absolute Gasteiger partial charge is 0.147 e. The molecular formula is C37H38P2S. The fourth-order valence-corrected chi connectivity index (χ4v) is 13.1. The van der Waals surface area contributed by atoms with Crippen LogP contribution in [-0.2, 0) is 0 Å². The summed E-state index contributed by atoms with van der Waals surface area (Å²) in [5, 5.41) is 11.6.